The van der Waals surface area contributed by atoms with E-state index in [-0.39, 0.29) is 11.9 Å². The number of unbranched alkanes of at least 4 members (excludes halogenated alkanes) is 1. The number of rotatable bonds is 6. The van der Waals surface area contributed by atoms with Gasteiger partial charge in [-0.15, -0.1) is 0 Å². The molecule has 1 fully saturated rings. The monoisotopic (exact) mass is 274 g/mol. The number of carbonyl (C=O) groups excluding carboxylic acids is 1. The van der Waals surface area contributed by atoms with Crippen LogP contribution in [0.4, 0.5) is 0 Å². The second kappa shape index (κ2) is 8.05. The van der Waals surface area contributed by atoms with E-state index in [4.69, 9.17) is 0 Å². The Morgan fingerprint density at radius 3 is 2.75 bits per heavy atom. The van der Waals surface area contributed by atoms with Crippen LogP contribution in [0, 0.1) is 0 Å². The van der Waals surface area contributed by atoms with Gasteiger partial charge in [0.1, 0.15) is 0 Å². The Morgan fingerprint density at radius 1 is 1.25 bits per heavy atom. The zero-order valence-corrected chi connectivity index (χ0v) is 12.5. The molecule has 0 radical (unpaired) electrons. The summed E-state index contributed by atoms with van der Waals surface area (Å²) < 4.78 is 0. The van der Waals surface area contributed by atoms with Gasteiger partial charge in [-0.25, -0.2) is 0 Å². The standard InChI is InChI=1S/C17H26N2O/c1-19(17(20)16-12-5-7-13-18-16)14-8-6-11-15-9-3-2-4-10-15/h2-4,9-10,16,18H,5-8,11-14H2,1H3. The van der Waals surface area contributed by atoms with Gasteiger partial charge in [-0.3, -0.25) is 4.79 Å². The van der Waals surface area contributed by atoms with E-state index >= 15 is 0 Å². The van der Waals surface area contributed by atoms with E-state index in [1.807, 2.05) is 18.0 Å². The molecule has 1 aromatic rings. The minimum absolute atomic E-state index is 0.0582. The molecule has 0 spiro atoms. The normalized spacial score (nSPS) is 18.8. The van der Waals surface area contributed by atoms with E-state index in [1.54, 1.807) is 0 Å². The lowest BCUT2D eigenvalue weighted by molar-refractivity contribution is -0.132. The highest BCUT2D eigenvalue weighted by molar-refractivity contribution is 5.81. The molecule has 1 aliphatic rings. The first-order chi connectivity index (χ1) is 9.77. The summed E-state index contributed by atoms with van der Waals surface area (Å²) in [6, 6.07) is 10.6. The molecule has 1 unspecified atom stereocenters. The third-order valence-electron chi connectivity index (χ3n) is 4.04. The van der Waals surface area contributed by atoms with Gasteiger partial charge >= 0.3 is 0 Å². The summed E-state index contributed by atoms with van der Waals surface area (Å²) in [7, 11) is 1.93. The Kier molecular flexibility index (Phi) is 6.06. The number of nitrogens with zero attached hydrogens (tertiary/aromatic N) is 1. The zero-order chi connectivity index (χ0) is 14.2. The molecule has 3 nitrogen and oxygen atoms in total. The van der Waals surface area contributed by atoms with Crippen LogP contribution in [-0.4, -0.2) is 37.0 Å². The maximum Gasteiger partial charge on any atom is 0.239 e. The summed E-state index contributed by atoms with van der Waals surface area (Å²) in [4.78, 5) is 14.1. The van der Waals surface area contributed by atoms with E-state index in [1.165, 1.54) is 18.4 Å². The van der Waals surface area contributed by atoms with E-state index in [9.17, 15) is 4.79 Å². The highest BCUT2D eigenvalue weighted by atomic mass is 16.2. The third-order valence-corrected chi connectivity index (χ3v) is 4.04. The molecule has 1 saturated heterocycles. The predicted molar refractivity (Wildman–Crippen MR) is 82.7 cm³/mol. The van der Waals surface area contributed by atoms with Gasteiger partial charge in [-0.1, -0.05) is 36.8 Å². The van der Waals surface area contributed by atoms with Crippen molar-refractivity contribution in [1.82, 2.24) is 10.2 Å². The van der Waals surface area contributed by atoms with Gasteiger partial charge in [-0.2, -0.15) is 0 Å². The van der Waals surface area contributed by atoms with Crippen LogP contribution in [0.15, 0.2) is 30.3 Å². The topological polar surface area (TPSA) is 32.3 Å². The molecule has 3 heteroatoms. The van der Waals surface area contributed by atoms with Gasteiger partial charge in [0.15, 0.2) is 0 Å². The van der Waals surface area contributed by atoms with Crippen molar-refractivity contribution in [3.8, 4) is 0 Å². The first kappa shape index (κ1) is 15.0. The molecule has 0 aliphatic carbocycles. The molecule has 1 amide bonds. The van der Waals surface area contributed by atoms with Crippen molar-refractivity contribution < 1.29 is 4.79 Å². The first-order valence-electron chi connectivity index (χ1n) is 7.79. The van der Waals surface area contributed by atoms with E-state index in [2.05, 4.69) is 29.6 Å². The van der Waals surface area contributed by atoms with Crippen molar-refractivity contribution in [3.63, 3.8) is 0 Å². The summed E-state index contributed by atoms with van der Waals surface area (Å²) >= 11 is 0. The number of hydrogen-bond donors (Lipinski definition) is 1. The Labute approximate surface area is 122 Å². The van der Waals surface area contributed by atoms with Crippen LogP contribution in [0.25, 0.3) is 0 Å². The van der Waals surface area contributed by atoms with Gasteiger partial charge in [0.25, 0.3) is 0 Å². The van der Waals surface area contributed by atoms with Gasteiger partial charge < -0.3 is 10.2 Å². The van der Waals surface area contributed by atoms with Crippen molar-refractivity contribution in [1.29, 1.82) is 0 Å². The molecule has 110 valence electrons. The van der Waals surface area contributed by atoms with Gasteiger partial charge in [-0.05, 0) is 44.2 Å². The highest BCUT2D eigenvalue weighted by Gasteiger charge is 2.22. The van der Waals surface area contributed by atoms with Crippen LogP contribution in [0.3, 0.4) is 0 Å². The van der Waals surface area contributed by atoms with Crippen LogP contribution in [0.2, 0.25) is 0 Å². The Hall–Kier alpha value is -1.35. The van der Waals surface area contributed by atoms with Crippen molar-refractivity contribution in [2.45, 2.75) is 44.6 Å². The fourth-order valence-electron chi connectivity index (χ4n) is 2.76. The number of nitrogens with one attached hydrogen (secondary N) is 1. The molecular formula is C17H26N2O. The van der Waals surface area contributed by atoms with Crippen molar-refractivity contribution in [2.24, 2.45) is 0 Å². The van der Waals surface area contributed by atoms with Crippen LogP contribution < -0.4 is 5.32 Å². The molecule has 1 heterocycles. The Morgan fingerprint density at radius 2 is 2.05 bits per heavy atom. The van der Waals surface area contributed by atoms with E-state index in [0.717, 1.165) is 38.8 Å². The average molecular weight is 274 g/mol. The lowest BCUT2D eigenvalue weighted by Gasteiger charge is -2.27. The molecule has 20 heavy (non-hydrogen) atoms. The van der Waals surface area contributed by atoms with Crippen LogP contribution >= 0.6 is 0 Å². The predicted octanol–water partition coefficient (Wildman–Crippen LogP) is 2.61. The largest absolute Gasteiger partial charge is 0.344 e. The van der Waals surface area contributed by atoms with Crippen molar-refractivity contribution >= 4 is 5.91 Å². The lowest BCUT2D eigenvalue weighted by Crippen LogP contribution is -2.47. The maximum atomic E-state index is 12.2. The second-order valence-electron chi connectivity index (χ2n) is 5.70. The van der Waals surface area contributed by atoms with E-state index < -0.39 is 0 Å². The molecule has 0 aromatic heterocycles. The van der Waals surface area contributed by atoms with Crippen LogP contribution in [0.1, 0.15) is 37.7 Å². The zero-order valence-electron chi connectivity index (χ0n) is 12.5. The molecule has 2 rings (SSSR count). The number of amides is 1. The summed E-state index contributed by atoms with van der Waals surface area (Å²) in [5.41, 5.74) is 1.38. The molecule has 0 saturated carbocycles. The number of carbonyl (C=O) groups is 1. The highest BCUT2D eigenvalue weighted by Crippen LogP contribution is 2.10. The third kappa shape index (κ3) is 4.64. The van der Waals surface area contributed by atoms with Crippen LogP contribution in [0.5, 0.6) is 0 Å². The SMILES string of the molecule is CN(CCCCc1ccccc1)C(=O)C1CCCCN1. The fourth-order valence-corrected chi connectivity index (χ4v) is 2.76. The van der Waals surface area contributed by atoms with Crippen LogP contribution in [-0.2, 0) is 11.2 Å². The number of likely N-dealkylation sites (N-methyl/N-ethyl adjacent to an activating group) is 1. The summed E-state index contributed by atoms with van der Waals surface area (Å²) in [5.74, 6) is 0.268. The van der Waals surface area contributed by atoms with Gasteiger partial charge in [0.2, 0.25) is 5.91 Å². The minimum Gasteiger partial charge on any atom is -0.344 e. The average Bonchev–Trinajstić information content (AvgIpc) is 2.52. The molecule has 1 aromatic carbocycles. The maximum absolute atomic E-state index is 12.2. The van der Waals surface area contributed by atoms with E-state index in [0.29, 0.717) is 0 Å². The molecule has 1 atom stereocenters. The first-order valence-corrected chi connectivity index (χ1v) is 7.79. The summed E-state index contributed by atoms with van der Waals surface area (Å²) in [5, 5.41) is 3.32. The molecule has 1 aliphatic heterocycles. The fraction of sp³-hybridized carbons (Fsp3) is 0.588. The number of aryl methyl sites for hydroxylation is 1. The number of benzene rings is 1. The quantitative estimate of drug-likeness (QED) is 0.809. The summed E-state index contributed by atoms with van der Waals surface area (Å²) in [6.45, 7) is 1.85. The lowest BCUT2D eigenvalue weighted by atomic mass is 10.0. The van der Waals surface area contributed by atoms with Gasteiger partial charge in [0, 0.05) is 13.6 Å². The smallest absolute Gasteiger partial charge is 0.239 e. The number of piperidine rings is 1. The molecule has 0 bridgehead atoms. The molecular weight excluding hydrogens is 248 g/mol. The van der Waals surface area contributed by atoms with Crippen molar-refractivity contribution in [3.05, 3.63) is 35.9 Å². The summed E-state index contributed by atoms with van der Waals surface area (Å²) in [6.07, 6.45) is 6.68. The van der Waals surface area contributed by atoms with Crippen molar-refractivity contribution in [2.75, 3.05) is 20.1 Å². The number of hydrogen-bond acceptors (Lipinski definition) is 2. The Balaban J connectivity index is 1.64. The second-order valence-corrected chi connectivity index (χ2v) is 5.70. The minimum atomic E-state index is 0.0582. The van der Waals surface area contributed by atoms with Gasteiger partial charge in [0.05, 0.1) is 6.04 Å². The Bertz CT molecular complexity index is 399. The molecule has 1 N–H and O–H groups in total.